The van der Waals surface area contributed by atoms with Gasteiger partial charge in [-0.3, -0.25) is 4.79 Å². The molecule has 84 valence electrons. The second-order valence-corrected chi connectivity index (χ2v) is 3.31. The van der Waals surface area contributed by atoms with Crippen LogP contribution in [0.5, 0.6) is 0 Å². The number of likely N-dealkylation sites (N-methyl/N-ethyl adjacent to an activating group) is 1. The summed E-state index contributed by atoms with van der Waals surface area (Å²) in [6, 6.07) is 0. The monoisotopic (exact) mass is 210 g/mol. The summed E-state index contributed by atoms with van der Waals surface area (Å²) in [6.45, 7) is 4.05. The van der Waals surface area contributed by atoms with E-state index in [0.29, 0.717) is 13.1 Å². The molecule has 0 aromatic carbocycles. The average Bonchev–Trinajstić information content (AvgIpc) is 2.66. The molecule has 1 heterocycles. The fourth-order valence-electron chi connectivity index (χ4n) is 1.33. The highest BCUT2D eigenvalue weighted by Gasteiger charge is 2.02. The summed E-state index contributed by atoms with van der Waals surface area (Å²) >= 11 is 0. The van der Waals surface area contributed by atoms with E-state index in [1.807, 2.05) is 6.20 Å². The van der Waals surface area contributed by atoms with Crippen LogP contribution in [0, 0.1) is 0 Å². The van der Waals surface area contributed by atoms with Crippen LogP contribution in [0.4, 0.5) is 0 Å². The molecule has 0 saturated carbocycles. The molecule has 0 aliphatic carbocycles. The third-order valence-electron chi connectivity index (χ3n) is 2.11. The third kappa shape index (κ3) is 3.71. The number of hydrogen-bond donors (Lipinski definition) is 2. The number of amides is 1. The maximum Gasteiger partial charge on any atom is 0.233 e. The van der Waals surface area contributed by atoms with E-state index in [2.05, 4.69) is 27.1 Å². The molecule has 5 nitrogen and oxygen atoms in total. The van der Waals surface area contributed by atoms with E-state index in [1.54, 1.807) is 13.2 Å². The first kappa shape index (κ1) is 11.7. The number of carbonyl (C=O) groups is 1. The Balaban J connectivity index is 2.36. The second-order valence-electron chi connectivity index (χ2n) is 3.31. The van der Waals surface area contributed by atoms with E-state index in [4.69, 9.17) is 0 Å². The predicted octanol–water partition coefficient (Wildman–Crippen LogP) is 0.129. The molecule has 1 aromatic heterocycles. The van der Waals surface area contributed by atoms with Gasteiger partial charge in [0.05, 0.1) is 13.1 Å². The van der Waals surface area contributed by atoms with Crippen molar-refractivity contribution >= 4 is 5.91 Å². The fourth-order valence-corrected chi connectivity index (χ4v) is 1.33. The van der Waals surface area contributed by atoms with Gasteiger partial charge in [0.25, 0.3) is 0 Å². The van der Waals surface area contributed by atoms with Crippen LogP contribution in [0.3, 0.4) is 0 Å². The third-order valence-corrected chi connectivity index (χ3v) is 2.11. The van der Waals surface area contributed by atoms with Gasteiger partial charge in [0.2, 0.25) is 5.91 Å². The molecule has 5 heteroatoms. The Kier molecular flexibility index (Phi) is 4.83. The topological polar surface area (TPSA) is 59.0 Å². The molecule has 0 unspecified atom stereocenters. The second kappa shape index (κ2) is 6.19. The highest BCUT2D eigenvalue weighted by Crippen LogP contribution is 1.98. The summed E-state index contributed by atoms with van der Waals surface area (Å²) < 4.78 is 2.09. The lowest BCUT2D eigenvalue weighted by molar-refractivity contribution is -0.119. The summed E-state index contributed by atoms with van der Waals surface area (Å²) in [7, 11) is 1.63. The van der Waals surface area contributed by atoms with Crippen LogP contribution in [0.2, 0.25) is 0 Å². The number of aryl methyl sites for hydroxylation is 1. The summed E-state index contributed by atoms with van der Waals surface area (Å²) in [5.74, 6) is 0.962. The standard InChI is InChI=1S/C10H18N4O/c1-3-5-14-6-4-13-9(14)7-12-8-10(15)11-2/h4,6,12H,3,5,7-8H2,1-2H3,(H,11,15). The molecule has 1 aromatic rings. The molecule has 0 saturated heterocycles. The minimum absolute atomic E-state index is 0.0106. The number of rotatable bonds is 6. The lowest BCUT2D eigenvalue weighted by Crippen LogP contribution is -2.31. The number of nitrogens with one attached hydrogen (secondary N) is 2. The van der Waals surface area contributed by atoms with Gasteiger partial charge in [0.1, 0.15) is 5.82 Å². The molecule has 15 heavy (non-hydrogen) atoms. The van der Waals surface area contributed by atoms with E-state index in [1.165, 1.54) is 0 Å². The largest absolute Gasteiger partial charge is 0.358 e. The Labute approximate surface area is 89.9 Å². The number of nitrogens with zero attached hydrogens (tertiary/aromatic N) is 2. The summed E-state index contributed by atoms with van der Waals surface area (Å²) in [6.07, 6.45) is 4.83. The van der Waals surface area contributed by atoms with Crippen LogP contribution in [0.15, 0.2) is 12.4 Å². The van der Waals surface area contributed by atoms with Gasteiger partial charge < -0.3 is 15.2 Å². The van der Waals surface area contributed by atoms with Crippen molar-refractivity contribution in [2.75, 3.05) is 13.6 Å². The van der Waals surface area contributed by atoms with E-state index in [0.717, 1.165) is 18.8 Å². The van der Waals surface area contributed by atoms with E-state index >= 15 is 0 Å². The highest BCUT2D eigenvalue weighted by molar-refractivity contribution is 5.77. The smallest absolute Gasteiger partial charge is 0.233 e. The first-order chi connectivity index (χ1) is 7.27. The molecule has 1 amide bonds. The summed E-state index contributed by atoms with van der Waals surface area (Å²) in [5.41, 5.74) is 0. The van der Waals surface area contributed by atoms with Crippen LogP contribution >= 0.6 is 0 Å². The van der Waals surface area contributed by atoms with Crippen molar-refractivity contribution in [1.82, 2.24) is 20.2 Å². The van der Waals surface area contributed by atoms with E-state index in [9.17, 15) is 4.79 Å². The molecule has 0 radical (unpaired) electrons. The molecule has 0 aliphatic rings. The zero-order valence-corrected chi connectivity index (χ0v) is 9.29. The fraction of sp³-hybridized carbons (Fsp3) is 0.600. The van der Waals surface area contributed by atoms with E-state index in [-0.39, 0.29) is 5.91 Å². The Morgan fingerprint density at radius 3 is 3.07 bits per heavy atom. The minimum atomic E-state index is -0.0106. The molecule has 0 fully saturated rings. The summed E-state index contributed by atoms with van der Waals surface area (Å²) in [5, 5.41) is 5.60. The normalized spacial score (nSPS) is 10.3. The lowest BCUT2D eigenvalue weighted by Gasteiger charge is -2.06. The predicted molar refractivity (Wildman–Crippen MR) is 58.3 cm³/mol. The molecule has 2 N–H and O–H groups in total. The first-order valence-electron chi connectivity index (χ1n) is 5.19. The molecular formula is C10H18N4O. The number of aromatic nitrogens is 2. The SMILES string of the molecule is CCCn1ccnc1CNCC(=O)NC. The van der Waals surface area contributed by atoms with Crippen LogP contribution in [0.25, 0.3) is 0 Å². The van der Waals surface area contributed by atoms with Crippen molar-refractivity contribution in [2.24, 2.45) is 0 Å². The van der Waals surface area contributed by atoms with Crippen molar-refractivity contribution in [3.63, 3.8) is 0 Å². The van der Waals surface area contributed by atoms with Gasteiger partial charge >= 0.3 is 0 Å². The number of imidazole rings is 1. The molecule has 1 rings (SSSR count). The van der Waals surface area contributed by atoms with Crippen molar-refractivity contribution in [3.05, 3.63) is 18.2 Å². The first-order valence-corrected chi connectivity index (χ1v) is 5.19. The minimum Gasteiger partial charge on any atom is -0.358 e. The van der Waals surface area contributed by atoms with Crippen LogP contribution in [-0.4, -0.2) is 29.1 Å². The van der Waals surface area contributed by atoms with Crippen molar-refractivity contribution in [3.8, 4) is 0 Å². The molecule has 0 bridgehead atoms. The van der Waals surface area contributed by atoms with Crippen molar-refractivity contribution in [2.45, 2.75) is 26.4 Å². The Morgan fingerprint density at radius 2 is 2.40 bits per heavy atom. The van der Waals surface area contributed by atoms with Crippen molar-refractivity contribution < 1.29 is 4.79 Å². The van der Waals surface area contributed by atoms with Gasteiger partial charge in [-0.15, -0.1) is 0 Å². The molecule has 0 spiro atoms. The van der Waals surface area contributed by atoms with Gasteiger partial charge in [0, 0.05) is 26.0 Å². The number of carbonyl (C=O) groups excluding carboxylic acids is 1. The average molecular weight is 210 g/mol. The highest BCUT2D eigenvalue weighted by atomic mass is 16.1. The number of hydrogen-bond acceptors (Lipinski definition) is 3. The van der Waals surface area contributed by atoms with Gasteiger partial charge in [0.15, 0.2) is 0 Å². The zero-order valence-electron chi connectivity index (χ0n) is 9.29. The van der Waals surface area contributed by atoms with Crippen molar-refractivity contribution in [1.29, 1.82) is 0 Å². The molecule has 0 atom stereocenters. The Morgan fingerprint density at radius 1 is 1.60 bits per heavy atom. The van der Waals surface area contributed by atoms with Gasteiger partial charge in [-0.25, -0.2) is 4.98 Å². The van der Waals surface area contributed by atoms with Gasteiger partial charge in [-0.2, -0.15) is 0 Å². The lowest BCUT2D eigenvalue weighted by atomic mass is 10.4. The van der Waals surface area contributed by atoms with Crippen LogP contribution < -0.4 is 10.6 Å². The Hall–Kier alpha value is -1.36. The van der Waals surface area contributed by atoms with Crippen LogP contribution in [-0.2, 0) is 17.9 Å². The summed E-state index contributed by atoms with van der Waals surface area (Å²) in [4.78, 5) is 15.2. The molecular weight excluding hydrogens is 192 g/mol. The van der Waals surface area contributed by atoms with E-state index < -0.39 is 0 Å². The quantitative estimate of drug-likeness (QED) is 0.701. The molecule has 0 aliphatic heterocycles. The van der Waals surface area contributed by atoms with Crippen LogP contribution in [0.1, 0.15) is 19.2 Å². The maximum atomic E-state index is 11.0. The van der Waals surface area contributed by atoms with Gasteiger partial charge in [-0.1, -0.05) is 6.92 Å². The zero-order chi connectivity index (χ0) is 11.1. The van der Waals surface area contributed by atoms with Gasteiger partial charge in [-0.05, 0) is 6.42 Å². The Bertz CT molecular complexity index is 308. The maximum absolute atomic E-state index is 11.0.